The Morgan fingerprint density at radius 1 is 0.981 bits per heavy atom. The summed E-state index contributed by atoms with van der Waals surface area (Å²) in [6.07, 6.45) is 2.92. The second-order valence-corrected chi connectivity index (χ2v) is 16.5. The molecule has 4 amide bonds. The van der Waals surface area contributed by atoms with Crippen LogP contribution < -0.4 is 26.9 Å². The number of ether oxygens (including phenoxy) is 1. The predicted octanol–water partition coefficient (Wildman–Crippen LogP) is 5.14. The van der Waals surface area contributed by atoms with Gasteiger partial charge in [0.1, 0.15) is 31.2 Å². The van der Waals surface area contributed by atoms with E-state index in [-0.39, 0.29) is 37.5 Å². The average molecular weight is 783 g/mol. The molecule has 16 nitrogen and oxygen atoms in total. The molecule has 54 heavy (non-hydrogen) atoms. The van der Waals surface area contributed by atoms with Crippen LogP contribution in [0.4, 0.5) is 0 Å². The summed E-state index contributed by atoms with van der Waals surface area (Å²) in [5.74, 6) is -2.32. The highest BCUT2D eigenvalue weighted by molar-refractivity contribution is 7.48. The van der Waals surface area contributed by atoms with Gasteiger partial charge in [-0.05, 0) is 57.2 Å². The highest BCUT2D eigenvalue weighted by Gasteiger charge is 2.39. The van der Waals surface area contributed by atoms with Gasteiger partial charge in [0.05, 0.1) is 0 Å². The maximum Gasteiger partial charge on any atom is 0.519 e. The highest BCUT2D eigenvalue weighted by Crippen LogP contribution is 2.47. The zero-order valence-electron chi connectivity index (χ0n) is 33.3. The lowest BCUT2D eigenvalue weighted by Crippen LogP contribution is -2.60. The Hall–Kier alpha value is -3.98. The monoisotopic (exact) mass is 782 g/mol. The van der Waals surface area contributed by atoms with Crippen LogP contribution in [0.15, 0.2) is 37.9 Å². The number of hydrogen-bond donors (Lipinski definition) is 3. The minimum absolute atomic E-state index is 0.0396. The number of phosphoric acid groups is 1. The molecule has 304 valence electrons. The molecule has 0 bridgehead atoms. The largest absolute Gasteiger partial charge is 0.519 e. The lowest BCUT2D eigenvalue weighted by atomic mass is 9.79. The van der Waals surface area contributed by atoms with Crippen LogP contribution in [0.5, 0.6) is 5.75 Å². The van der Waals surface area contributed by atoms with E-state index in [2.05, 4.69) is 10.6 Å². The molecule has 1 aromatic carbocycles. The topological polar surface area (TPSA) is 219 Å². The van der Waals surface area contributed by atoms with Crippen molar-refractivity contribution in [3.05, 3.63) is 52.0 Å². The fourth-order valence-corrected chi connectivity index (χ4v) is 6.49. The predicted molar refractivity (Wildman–Crippen MR) is 200 cm³/mol. The molecule has 1 aromatic heterocycles. The van der Waals surface area contributed by atoms with Crippen LogP contribution in [-0.2, 0) is 50.3 Å². The quantitative estimate of drug-likeness (QED) is 0.0716. The number of phosphoric ester groups is 1. The normalized spacial score (nSPS) is 13.8. The fourth-order valence-electron chi connectivity index (χ4n) is 5.86. The van der Waals surface area contributed by atoms with Crippen molar-refractivity contribution in [2.24, 2.45) is 17.1 Å². The molecule has 0 fully saturated rings. The first kappa shape index (κ1) is 46.2. The SMILES string of the molecule is CCCCCC(=O)N(COP(=O)(OC)OC)C(Cc1ccc(OCc2oc(=O)oc2C)cc1)C(=O)NC(C(=O)NC(C)(C)CC(C)(C)C(N)=O)C(C)CC. The molecule has 0 aliphatic rings. The molecule has 3 unspecified atom stereocenters. The van der Waals surface area contributed by atoms with Crippen LogP contribution in [0.1, 0.15) is 104 Å². The molecule has 2 rings (SSSR count). The van der Waals surface area contributed by atoms with E-state index in [4.69, 9.17) is 32.9 Å². The molecule has 0 radical (unpaired) electrons. The van der Waals surface area contributed by atoms with E-state index in [9.17, 15) is 28.5 Å². The van der Waals surface area contributed by atoms with Crippen molar-refractivity contribution in [1.82, 2.24) is 15.5 Å². The molecular formula is C37H59N4O12P. The summed E-state index contributed by atoms with van der Waals surface area (Å²) < 4.78 is 43.9. The van der Waals surface area contributed by atoms with Crippen molar-refractivity contribution in [2.45, 2.75) is 125 Å². The Morgan fingerprint density at radius 2 is 1.61 bits per heavy atom. The highest BCUT2D eigenvalue weighted by atomic mass is 31.2. The van der Waals surface area contributed by atoms with E-state index >= 15 is 0 Å². The molecule has 0 saturated heterocycles. The van der Waals surface area contributed by atoms with Crippen LogP contribution >= 0.6 is 7.82 Å². The summed E-state index contributed by atoms with van der Waals surface area (Å²) >= 11 is 0. The van der Waals surface area contributed by atoms with E-state index < -0.39 is 67.0 Å². The lowest BCUT2D eigenvalue weighted by molar-refractivity contribution is -0.145. The molecule has 2 aromatic rings. The van der Waals surface area contributed by atoms with E-state index in [1.165, 1.54) is 4.90 Å². The number of aryl methyl sites for hydroxylation is 1. The Labute approximate surface area is 317 Å². The van der Waals surface area contributed by atoms with Gasteiger partial charge in [0.15, 0.2) is 11.5 Å². The first-order valence-electron chi connectivity index (χ1n) is 18.1. The third kappa shape index (κ3) is 14.0. The van der Waals surface area contributed by atoms with Crippen molar-refractivity contribution in [3.8, 4) is 5.75 Å². The van der Waals surface area contributed by atoms with Crippen molar-refractivity contribution < 1.29 is 50.9 Å². The first-order valence-corrected chi connectivity index (χ1v) is 19.6. The summed E-state index contributed by atoms with van der Waals surface area (Å²) in [5, 5.41) is 5.87. The third-order valence-corrected chi connectivity index (χ3v) is 10.5. The number of carbonyl (C=O) groups is 4. The van der Waals surface area contributed by atoms with Crippen LogP contribution in [0.25, 0.3) is 0 Å². The van der Waals surface area contributed by atoms with E-state index in [0.29, 0.717) is 29.9 Å². The minimum atomic E-state index is -4.09. The standard InChI is InChI=1S/C37H59N4O12P/c1-11-13-14-15-30(42)41(23-51-54(47,48-9)49-10)28(20-26-16-18-27(19-17-26)50-21-29-25(4)52-35(46)53-29)32(43)39-31(24(3)12-2)33(44)40-37(7,8)22-36(5,6)34(38)45/h16-19,24,28,31H,11-15,20-23H2,1-10H3,(H2,38,45)(H,39,43)(H,40,44). The van der Waals surface area contributed by atoms with Gasteiger partial charge < -0.3 is 34.8 Å². The summed E-state index contributed by atoms with van der Waals surface area (Å²) in [7, 11) is -1.82. The maximum atomic E-state index is 14.5. The number of primary amides is 1. The first-order chi connectivity index (χ1) is 25.2. The maximum absolute atomic E-state index is 14.5. The van der Waals surface area contributed by atoms with Gasteiger partial charge in [0, 0.05) is 38.0 Å². The molecule has 0 spiro atoms. The molecule has 3 atom stereocenters. The van der Waals surface area contributed by atoms with Gasteiger partial charge in [-0.2, -0.15) is 0 Å². The molecular weight excluding hydrogens is 723 g/mol. The zero-order valence-corrected chi connectivity index (χ0v) is 34.2. The van der Waals surface area contributed by atoms with Gasteiger partial charge >= 0.3 is 13.6 Å². The van der Waals surface area contributed by atoms with Gasteiger partial charge in [-0.3, -0.25) is 32.7 Å². The van der Waals surface area contributed by atoms with E-state index in [1.807, 2.05) is 20.8 Å². The molecule has 1 heterocycles. The van der Waals surface area contributed by atoms with Crippen molar-refractivity contribution in [3.63, 3.8) is 0 Å². The number of amides is 4. The summed E-state index contributed by atoms with van der Waals surface area (Å²) in [5.41, 5.74) is 4.41. The fraction of sp³-hybridized carbons (Fsp3) is 0.649. The zero-order chi connectivity index (χ0) is 40.9. The number of hydrogen-bond acceptors (Lipinski definition) is 12. The Balaban J connectivity index is 2.51. The van der Waals surface area contributed by atoms with Crippen LogP contribution in [-0.4, -0.2) is 67.1 Å². The van der Waals surface area contributed by atoms with Gasteiger partial charge in [-0.15, -0.1) is 0 Å². The number of nitrogens with zero attached hydrogens (tertiary/aromatic N) is 1. The smallest absolute Gasteiger partial charge is 0.486 e. The van der Waals surface area contributed by atoms with Crippen LogP contribution in [0, 0.1) is 18.3 Å². The third-order valence-electron chi connectivity index (χ3n) is 9.16. The molecule has 0 aliphatic heterocycles. The van der Waals surface area contributed by atoms with Gasteiger partial charge in [-0.25, -0.2) is 9.36 Å². The number of carbonyl (C=O) groups excluding carboxylic acids is 4. The van der Waals surface area contributed by atoms with Crippen molar-refractivity contribution in [2.75, 3.05) is 21.0 Å². The summed E-state index contributed by atoms with van der Waals surface area (Å²) in [6.45, 7) is 13.5. The summed E-state index contributed by atoms with van der Waals surface area (Å²) in [4.78, 5) is 66.9. The average Bonchev–Trinajstić information content (AvgIpc) is 3.44. The second-order valence-electron chi connectivity index (χ2n) is 14.6. The van der Waals surface area contributed by atoms with Crippen molar-refractivity contribution >= 4 is 31.5 Å². The number of nitrogens with one attached hydrogen (secondary N) is 2. The molecule has 0 aliphatic carbocycles. The van der Waals surface area contributed by atoms with Crippen molar-refractivity contribution in [1.29, 1.82) is 0 Å². The van der Waals surface area contributed by atoms with E-state index in [1.54, 1.807) is 58.9 Å². The van der Waals surface area contributed by atoms with Crippen LogP contribution in [0.3, 0.4) is 0 Å². The van der Waals surface area contributed by atoms with Crippen LogP contribution in [0.2, 0.25) is 0 Å². The van der Waals surface area contributed by atoms with Gasteiger partial charge in [-0.1, -0.05) is 66.0 Å². The number of nitrogens with two attached hydrogens (primary N) is 1. The molecule has 4 N–H and O–H groups in total. The lowest BCUT2D eigenvalue weighted by Gasteiger charge is -2.37. The second kappa shape index (κ2) is 20.6. The number of rotatable bonds is 24. The van der Waals surface area contributed by atoms with Gasteiger partial charge in [0.25, 0.3) is 0 Å². The minimum Gasteiger partial charge on any atom is -0.486 e. The number of unbranched alkanes of at least 4 members (excludes halogenated alkanes) is 2. The summed E-state index contributed by atoms with van der Waals surface area (Å²) in [6, 6.07) is 4.41. The molecule has 17 heteroatoms. The van der Waals surface area contributed by atoms with E-state index in [0.717, 1.165) is 27.1 Å². The molecule has 0 saturated carbocycles. The Kier molecular flexibility index (Phi) is 17.6. The van der Waals surface area contributed by atoms with Gasteiger partial charge in [0.2, 0.25) is 23.6 Å². The Bertz CT molecular complexity index is 1640. The number of benzene rings is 1. The Morgan fingerprint density at radius 3 is 2.13 bits per heavy atom.